The van der Waals surface area contributed by atoms with Crippen LogP contribution in [0.25, 0.3) is 0 Å². The van der Waals surface area contributed by atoms with Crippen LogP contribution in [-0.4, -0.2) is 41.8 Å². The van der Waals surface area contributed by atoms with Crippen molar-refractivity contribution in [3.05, 3.63) is 69.7 Å². The first kappa shape index (κ1) is 17.2. The molecule has 1 aliphatic heterocycles. The Hall–Kier alpha value is -1.65. The van der Waals surface area contributed by atoms with Crippen LogP contribution in [0.5, 0.6) is 0 Å². The van der Waals surface area contributed by atoms with Gasteiger partial charge in [0.2, 0.25) is 0 Å². The zero-order valence-corrected chi connectivity index (χ0v) is 16.0. The van der Waals surface area contributed by atoms with Crippen molar-refractivity contribution in [3.63, 3.8) is 0 Å². The van der Waals surface area contributed by atoms with Crippen LogP contribution in [-0.2, 0) is 6.54 Å². The van der Waals surface area contributed by atoms with E-state index in [9.17, 15) is 0 Å². The summed E-state index contributed by atoms with van der Waals surface area (Å²) in [7, 11) is 0. The van der Waals surface area contributed by atoms with Crippen molar-refractivity contribution < 1.29 is 0 Å². The van der Waals surface area contributed by atoms with Crippen molar-refractivity contribution in [2.75, 3.05) is 26.2 Å². The number of hydrazone groups is 1. The topological polar surface area (TPSA) is 18.8 Å². The van der Waals surface area contributed by atoms with Crippen LogP contribution in [0.15, 0.2) is 58.1 Å². The minimum Gasteiger partial charge on any atom is -0.295 e. The highest BCUT2D eigenvalue weighted by Crippen LogP contribution is 2.13. The Balaban J connectivity index is 1.53. The predicted molar refractivity (Wildman–Crippen MR) is 104 cm³/mol. The van der Waals surface area contributed by atoms with Gasteiger partial charge >= 0.3 is 0 Å². The summed E-state index contributed by atoms with van der Waals surface area (Å²) in [6.07, 6.45) is 0. The lowest BCUT2D eigenvalue weighted by molar-refractivity contribution is 0.130. The highest BCUT2D eigenvalue weighted by molar-refractivity contribution is 9.10. The molecule has 0 atom stereocenters. The summed E-state index contributed by atoms with van der Waals surface area (Å²) in [5, 5.41) is 6.99. The standard InChI is InChI=1S/C20H24BrN3/c1-16-3-5-18(6-4-16)15-23-11-13-24(14-12-23)22-17(2)19-7-9-20(21)10-8-19/h3-10H,11-15H2,1-2H3. The molecule has 0 radical (unpaired) electrons. The lowest BCUT2D eigenvalue weighted by atomic mass is 10.1. The van der Waals surface area contributed by atoms with Gasteiger partial charge in [-0.15, -0.1) is 0 Å². The third-order valence-corrected chi connectivity index (χ3v) is 4.96. The first-order chi connectivity index (χ1) is 11.6. The SMILES string of the molecule is CC(=NN1CCN(Cc2ccc(C)cc2)CC1)c1ccc(Br)cc1. The van der Waals surface area contributed by atoms with Gasteiger partial charge < -0.3 is 0 Å². The van der Waals surface area contributed by atoms with Crippen LogP contribution < -0.4 is 0 Å². The Bertz CT molecular complexity index is 684. The van der Waals surface area contributed by atoms with E-state index >= 15 is 0 Å². The van der Waals surface area contributed by atoms with Gasteiger partial charge in [-0.2, -0.15) is 5.10 Å². The lowest BCUT2D eigenvalue weighted by Crippen LogP contribution is -2.43. The molecule has 2 aromatic rings. The van der Waals surface area contributed by atoms with Gasteiger partial charge in [0.25, 0.3) is 0 Å². The van der Waals surface area contributed by atoms with Crippen LogP contribution in [0.1, 0.15) is 23.6 Å². The van der Waals surface area contributed by atoms with E-state index in [1.165, 1.54) is 16.7 Å². The summed E-state index contributed by atoms with van der Waals surface area (Å²) in [5.74, 6) is 0. The van der Waals surface area contributed by atoms with Gasteiger partial charge in [-0.25, -0.2) is 0 Å². The molecule has 3 nitrogen and oxygen atoms in total. The Morgan fingerprint density at radius 1 is 0.958 bits per heavy atom. The minimum absolute atomic E-state index is 0.986. The second-order valence-electron chi connectivity index (χ2n) is 6.41. The first-order valence-corrected chi connectivity index (χ1v) is 9.23. The molecule has 0 unspecified atom stereocenters. The van der Waals surface area contributed by atoms with E-state index in [0.717, 1.165) is 42.9 Å². The second kappa shape index (κ2) is 7.95. The molecular weight excluding hydrogens is 362 g/mol. The smallest absolute Gasteiger partial charge is 0.0646 e. The summed E-state index contributed by atoms with van der Waals surface area (Å²) < 4.78 is 1.10. The fourth-order valence-electron chi connectivity index (χ4n) is 2.91. The zero-order chi connectivity index (χ0) is 16.9. The number of hydrogen-bond donors (Lipinski definition) is 0. The van der Waals surface area contributed by atoms with Crippen LogP contribution in [0.4, 0.5) is 0 Å². The van der Waals surface area contributed by atoms with Gasteiger partial charge in [-0.1, -0.05) is 57.9 Å². The number of benzene rings is 2. The Labute approximate surface area is 153 Å². The summed E-state index contributed by atoms with van der Waals surface area (Å²) in [6, 6.07) is 17.2. The van der Waals surface area contributed by atoms with Gasteiger partial charge in [0, 0.05) is 37.2 Å². The maximum atomic E-state index is 4.80. The van der Waals surface area contributed by atoms with Crippen LogP contribution in [0.2, 0.25) is 0 Å². The molecule has 1 heterocycles. The molecule has 0 saturated carbocycles. The highest BCUT2D eigenvalue weighted by atomic mass is 79.9. The van der Waals surface area contributed by atoms with Crippen molar-refractivity contribution in [1.29, 1.82) is 0 Å². The molecule has 1 fully saturated rings. The number of hydrogen-bond acceptors (Lipinski definition) is 3. The quantitative estimate of drug-likeness (QED) is 0.730. The van der Waals surface area contributed by atoms with E-state index in [4.69, 9.17) is 5.10 Å². The minimum atomic E-state index is 0.986. The first-order valence-electron chi connectivity index (χ1n) is 8.44. The summed E-state index contributed by atoms with van der Waals surface area (Å²) in [4.78, 5) is 2.51. The zero-order valence-electron chi connectivity index (χ0n) is 14.4. The van der Waals surface area contributed by atoms with E-state index < -0.39 is 0 Å². The van der Waals surface area contributed by atoms with E-state index in [1.807, 2.05) is 0 Å². The highest BCUT2D eigenvalue weighted by Gasteiger charge is 2.16. The van der Waals surface area contributed by atoms with Gasteiger partial charge in [-0.05, 0) is 37.1 Å². The second-order valence-corrected chi connectivity index (χ2v) is 7.32. The van der Waals surface area contributed by atoms with E-state index in [2.05, 4.69) is 88.2 Å². The summed E-state index contributed by atoms with van der Waals surface area (Å²) >= 11 is 3.47. The van der Waals surface area contributed by atoms with Crippen molar-refractivity contribution in [2.24, 2.45) is 5.10 Å². The van der Waals surface area contributed by atoms with Gasteiger partial charge in [0.15, 0.2) is 0 Å². The lowest BCUT2D eigenvalue weighted by Gasteiger charge is -2.33. The molecular formula is C20H24BrN3. The van der Waals surface area contributed by atoms with Gasteiger partial charge in [0.1, 0.15) is 0 Å². The maximum Gasteiger partial charge on any atom is 0.0646 e. The molecule has 1 saturated heterocycles. The van der Waals surface area contributed by atoms with Crippen molar-refractivity contribution in [2.45, 2.75) is 20.4 Å². The van der Waals surface area contributed by atoms with Gasteiger partial charge in [-0.3, -0.25) is 9.91 Å². The number of nitrogens with zero attached hydrogens (tertiary/aromatic N) is 3. The molecule has 0 N–H and O–H groups in total. The number of halogens is 1. The molecule has 24 heavy (non-hydrogen) atoms. The van der Waals surface area contributed by atoms with Crippen molar-refractivity contribution >= 4 is 21.6 Å². The average Bonchev–Trinajstić information content (AvgIpc) is 2.59. The van der Waals surface area contributed by atoms with Crippen molar-refractivity contribution in [1.82, 2.24) is 9.91 Å². The van der Waals surface area contributed by atoms with Gasteiger partial charge in [0.05, 0.1) is 5.71 Å². The van der Waals surface area contributed by atoms with Crippen LogP contribution >= 0.6 is 15.9 Å². The Morgan fingerprint density at radius 3 is 2.21 bits per heavy atom. The molecule has 0 amide bonds. The Morgan fingerprint density at radius 2 is 1.58 bits per heavy atom. The van der Waals surface area contributed by atoms with E-state index in [-0.39, 0.29) is 0 Å². The van der Waals surface area contributed by atoms with Crippen molar-refractivity contribution in [3.8, 4) is 0 Å². The molecule has 126 valence electrons. The monoisotopic (exact) mass is 385 g/mol. The largest absolute Gasteiger partial charge is 0.295 e. The fourth-order valence-corrected chi connectivity index (χ4v) is 3.17. The average molecular weight is 386 g/mol. The predicted octanol–water partition coefficient (Wildman–Crippen LogP) is 4.30. The summed E-state index contributed by atoms with van der Waals surface area (Å²) in [5.41, 5.74) is 4.97. The normalized spacial score (nSPS) is 16.5. The molecule has 0 bridgehead atoms. The number of rotatable bonds is 4. The molecule has 0 aliphatic carbocycles. The molecule has 0 spiro atoms. The molecule has 2 aromatic carbocycles. The maximum absolute atomic E-state index is 4.80. The fraction of sp³-hybridized carbons (Fsp3) is 0.350. The third-order valence-electron chi connectivity index (χ3n) is 4.43. The molecule has 1 aliphatic rings. The number of piperazine rings is 1. The van der Waals surface area contributed by atoms with E-state index in [0.29, 0.717) is 0 Å². The summed E-state index contributed by atoms with van der Waals surface area (Å²) in [6.45, 7) is 9.34. The molecule has 4 heteroatoms. The number of aryl methyl sites for hydroxylation is 1. The Kier molecular flexibility index (Phi) is 5.69. The van der Waals surface area contributed by atoms with E-state index in [1.54, 1.807) is 0 Å². The van der Waals surface area contributed by atoms with Crippen LogP contribution in [0, 0.1) is 6.92 Å². The third kappa shape index (κ3) is 4.68. The molecule has 0 aromatic heterocycles. The molecule has 3 rings (SSSR count). The van der Waals surface area contributed by atoms with Crippen LogP contribution in [0.3, 0.4) is 0 Å².